The number of pyridine rings is 1. The molecular weight excluding hydrogens is 282 g/mol. The van der Waals surface area contributed by atoms with Crippen molar-refractivity contribution in [2.24, 2.45) is 0 Å². The minimum absolute atomic E-state index is 0.123. The molecule has 1 aromatic carbocycles. The highest BCUT2D eigenvalue weighted by atomic mass is 16.5. The first-order valence-electron chi connectivity index (χ1n) is 6.62. The zero-order valence-electron chi connectivity index (χ0n) is 12.7. The predicted octanol–water partition coefficient (Wildman–Crippen LogP) is 3.00. The van der Waals surface area contributed by atoms with Gasteiger partial charge in [0.1, 0.15) is 0 Å². The number of methoxy groups -OCH3 is 3. The normalized spacial score (nSPS) is 10.5. The highest BCUT2D eigenvalue weighted by molar-refractivity contribution is 6.06. The van der Waals surface area contributed by atoms with Crippen LogP contribution in [-0.4, -0.2) is 32.1 Å². The van der Waals surface area contributed by atoms with Crippen molar-refractivity contribution in [1.82, 2.24) is 4.98 Å². The summed E-state index contributed by atoms with van der Waals surface area (Å²) in [5.74, 6) is 1.47. The molecular formula is C17H17NO4. The van der Waals surface area contributed by atoms with E-state index in [4.69, 9.17) is 14.2 Å². The van der Waals surface area contributed by atoms with Crippen LogP contribution in [0.5, 0.6) is 17.2 Å². The molecule has 0 aliphatic carbocycles. The second-order valence-corrected chi connectivity index (χ2v) is 4.40. The Balaban J connectivity index is 2.29. The van der Waals surface area contributed by atoms with E-state index in [1.54, 1.807) is 57.9 Å². The maximum Gasteiger partial charge on any atom is 0.203 e. The molecule has 0 unspecified atom stereocenters. The van der Waals surface area contributed by atoms with E-state index in [0.717, 1.165) is 5.56 Å². The lowest BCUT2D eigenvalue weighted by Crippen LogP contribution is -1.96. The monoisotopic (exact) mass is 299 g/mol. The molecule has 0 aliphatic heterocycles. The van der Waals surface area contributed by atoms with Crippen LogP contribution in [0.25, 0.3) is 6.08 Å². The number of allylic oxidation sites excluding steroid dienone is 1. The lowest BCUT2D eigenvalue weighted by molar-refractivity contribution is 0.104. The topological polar surface area (TPSA) is 57.7 Å². The van der Waals surface area contributed by atoms with Gasteiger partial charge in [0.2, 0.25) is 5.75 Å². The fourth-order valence-corrected chi connectivity index (χ4v) is 1.97. The second kappa shape index (κ2) is 7.26. The molecule has 114 valence electrons. The SMILES string of the molecule is COc1cc(/C=C\C(=O)c2cccnc2)cc(OC)c1OC. The minimum Gasteiger partial charge on any atom is -0.493 e. The van der Waals surface area contributed by atoms with Gasteiger partial charge in [-0.1, -0.05) is 6.08 Å². The van der Waals surface area contributed by atoms with Crippen LogP contribution in [0, 0.1) is 0 Å². The van der Waals surface area contributed by atoms with Crippen molar-refractivity contribution >= 4 is 11.9 Å². The first-order valence-corrected chi connectivity index (χ1v) is 6.62. The molecule has 2 aromatic rings. The van der Waals surface area contributed by atoms with Crippen LogP contribution < -0.4 is 14.2 Å². The lowest BCUT2D eigenvalue weighted by Gasteiger charge is -2.12. The second-order valence-electron chi connectivity index (χ2n) is 4.40. The van der Waals surface area contributed by atoms with Crippen LogP contribution in [0.15, 0.2) is 42.7 Å². The fourth-order valence-electron chi connectivity index (χ4n) is 1.97. The summed E-state index contributed by atoms with van der Waals surface area (Å²) in [7, 11) is 4.64. The minimum atomic E-state index is -0.123. The Morgan fingerprint density at radius 1 is 1.09 bits per heavy atom. The quantitative estimate of drug-likeness (QED) is 0.606. The van der Waals surface area contributed by atoms with Gasteiger partial charge < -0.3 is 14.2 Å². The molecule has 0 N–H and O–H groups in total. The molecule has 2 rings (SSSR count). The summed E-state index contributed by atoms with van der Waals surface area (Å²) in [6.45, 7) is 0. The lowest BCUT2D eigenvalue weighted by atomic mass is 10.1. The standard InChI is InChI=1S/C17H17NO4/c1-20-15-9-12(10-16(21-2)17(15)22-3)6-7-14(19)13-5-4-8-18-11-13/h4-11H,1-3H3/b7-6-. The van der Waals surface area contributed by atoms with E-state index in [2.05, 4.69) is 4.98 Å². The van der Waals surface area contributed by atoms with Gasteiger partial charge in [0.15, 0.2) is 17.3 Å². The van der Waals surface area contributed by atoms with Crippen molar-refractivity contribution in [1.29, 1.82) is 0 Å². The summed E-state index contributed by atoms with van der Waals surface area (Å²) < 4.78 is 15.8. The molecule has 0 bridgehead atoms. The van der Waals surface area contributed by atoms with E-state index in [1.807, 2.05) is 0 Å². The summed E-state index contributed by atoms with van der Waals surface area (Å²) in [5, 5.41) is 0. The summed E-state index contributed by atoms with van der Waals surface area (Å²) in [6.07, 6.45) is 6.33. The molecule has 22 heavy (non-hydrogen) atoms. The van der Waals surface area contributed by atoms with Gasteiger partial charge in [-0.2, -0.15) is 0 Å². The van der Waals surface area contributed by atoms with E-state index in [1.165, 1.54) is 12.3 Å². The van der Waals surface area contributed by atoms with E-state index in [9.17, 15) is 4.79 Å². The maximum atomic E-state index is 12.0. The summed E-state index contributed by atoms with van der Waals surface area (Å²) in [6, 6.07) is 6.98. The zero-order chi connectivity index (χ0) is 15.9. The number of ether oxygens (including phenoxy) is 3. The number of nitrogens with zero attached hydrogens (tertiary/aromatic N) is 1. The van der Waals surface area contributed by atoms with Gasteiger partial charge in [-0.15, -0.1) is 0 Å². The van der Waals surface area contributed by atoms with Crippen molar-refractivity contribution in [3.63, 3.8) is 0 Å². The molecule has 0 fully saturated rings. The van der Waals surface area contributed by atoms with E-state index < -0.39 is 0 Å². The third-order valence-corrected chi connectivity index (χ3v) is 3.06. The van der Waals surface area contributed by atoms with E-state index in [-0.39, 0.29) is 5.78 Å². The molecule has 5 heteroatoms. The van der Waals surface area contributed by atoms with Crippen LogP contribution in [0.3, 0.4) is 0 Å². The van der Waals surface area contributed by atoms with Crippen molar-refractivity contribution < 1.29 is 19.0 Å². The smallest absolute Gasteiger partial charge is 0.203 e. The Hall–Kier alpha value is -2.82. The van der Waals surface area contributed by atoms with Crippen LogP contribution in [0.1, 0.15) is 15.9 Å². The van der Waals surface area contributed by atoms with E-state index >= 15 is 0 Å². The average Bonchev–Trinajstić information content (AvgIpc) is 2.59. The Morgan fingerprint density at radius 3 is 2.27 bits per heavy atom. The number of hydrogen-bond donors (Lipinski definition) is 0. The molecule has 0 aliphatic rings. The van der Waals surface area contributed by atoms with Crippen molar-refractivity contribution in [3.8, 4) is 17.2 Å². The molecule has 0 amide bonds. The number of aromatic nitrogens is 1. The number of hydrogen-bond acceptors (Lipinski definition) is 5. The van der Waals surface area contributed by atoms with Gasteiger partial charge >= 0.3 is 0 Å². The van der Waals surface area contributed by atoms with Crippen LogP contribution >= 0.6 is 0 Å². The predicted molar refractivity (Wildman–Crippen MR) is 83.7 cm³/mol. The highest BCUT2D eigenvalue weighted by Crippen LogP contribution is 2.38. The Labute approximate surface area is 129 Å². The van der Waals surface area contributed by atoms with Crippen molar-refractivity contribution in [2.75, 3.05) is 21.3 Å². The molecule has 0 spiro atoms. The third kappa shape index (κ3) is 3.44. The largest absolute Gasteiger partial charge is 0.493 e. The molecule has 5 nitrogen and oxygen atoms in total. The average molecular weight is 299 g/mol. The molecule has 1 heterocycles. The number of carbonyl (C=O) groups excluding carboxylic acids is 1. The van der Waals surface area contributed by atoms with Gasteiger partial charge in [-0.3, -0.25) is 9.78 Å². The zero-order valence-corrected chi connectivity index (χ0v) is 12.7. The highest BCUT2D eigenvalue weighted by Gasteiger charge is 2.12. The van der Waals surface area contributed by atoms with E-state index in [0.29, 0.717) is 22.8 Å². The number of carbonyl (C=O) groups is 1. The maximum absolute atomic E-state index is 12.0. The Kier molecular flexibility index (Phi) is 5.14. The van der Waals surface area contributed by atoms with Crippen LogP contribution in [0.4, 0.5) is 0 Å². The first-order chi connectivity index (χ1) is 10.7. The number of rotatable bonds is 6. The number of benzene rings is 1. The van der Waals surface area contributed by atoms with Gasteiger partial charge in [0, 0.05) is 18.0 Å². The Morgan fingerprint density at radius 2 is 1.77 bits per heavy atom. The van der Waals surface area contributed by atoms with Crippen molar-refractivity contribution in [2.45, 2.75) is 0 Å². The van der Waals surface area contributed by atoms with Crippen molar-refractivity contribution in [3.05, 3.63) is 53.9 Å². The molecule has 1 aromatic heterocycles. The molecule has 0 radical (unpaired) electrons. The molecule has 0 atom stereocenters. The Bertz CT molecular complexity index is 655. The summed E-state index contributed by atoms with van der Waals surface area (Å²) >= 11 is 0. The van der Waals surface area contributed by atoms with Gasteiger partial charge in [-0.05, 0) is 35.9 Å². The molecule has 0 saturated heterocycles. The fraction of sp³-hybridized carbons (Fsp3) is 0.176. The summed E-state index contributed by atoms with van der Waals surface area (Å²) in [5.41, 5.74) is 1.30. The van der Waals surface area contributed by atoms with Crippen LogP contribution in [0.2, 0.25) is 0 Å². The van der Waals surface area contributed by atoms with Gasteiger partial charge in [0.05, 0.1) is 21.3 Å². The van der Waals surface area contributed by atoms with Gasteiger partial charge in [-0.25, -0.2) is 0 Å². The first kappa shape index (κ1) is 15.6. The summed E-state index contributed by atoms with van der Waals surface area (Å²) in [4.78, 5) is 16.0. The third-order valence-electron chi connectivity index (χ3n) is 3.06. The van der Waals surface area contributed by atoms with Gasteiger partial charge in [0.25, 0.3) is 0 Å². The van der Waals surface area contributed by atoms with Crippen LogP contribution in [-0.2, 0) is 0 Å². The number of ketones is 1. The molecule has 0 saturated carbocycles.